The summed E-state index contributed by atoms with van der Waals surface area (Å²) in [6.45, 7) is 0. The van der Waals surface area contributed by atoms with Crippen LogP contribution in [-0.4, -0.2) is 34.4 Å². The molecule has 5 aromatic rings. The van der Waals surface area contributed by atoms with Crippen molar-refractivity contribution in [1.82, 2.24) is 19.7 Å². The van der Waals surface area contributed by atoms with Crippen LogP contribution in [0.15, 0.2) is 76.6 Å². The average Bonchev–Trinajstić information content (AvgIpc) is 3.45. The van der Waals surface area contributed by atoms with E-state index in [4.69, 9.17) is 0 Å². The second-order valence-corrected chi connectivity index (χ2v) is 9.81. The van der Waals surface area contributed by atoms with Crippen molar-refractivity contribution in [2.75, 3.05) is 6.26 Å². The van der Waals surface area contributed by atoms with Crippen LogP contribution in [0.5, 0.6) is 0 Å². The highest BCUT2D eigenvalue weighted by Crippen LogP contribution is 2.29. The zero-order chi connectivity index (χ0) is 21.6. The number of thiophene rings is 1. The highest BCUT2D eigenvalue weighted by atomic mass is 32.2. The van der Waals surface area contributed by atoms with E-state index in [1.54, 1.807) is 47.4 Å². The predicted molar refractivity (Wildman–Crippen MR) is 118 cm³/mol. The van der Waals surface area contributed by atoms with Crippen LogP contribution in [0.3, 0.4) is 0 Å². The van der Waals surface area contributed by atoms with Crippen LogP contribution in [0.4, 0.5) is 4.39 Å². The maximum Gasteiger partial charge on any atom is 0.251 e. The molecule has 3 heterocycles. The van der Waals surface area contributed by atoms with Crippen LogP contribution in [0, 0.1) is 5.82 Å². The summed E-state index contributed by atoms with van der Waals surface area (Å²) in [5, 5.41) is 8.90. The SMILES string of the molecule is CS(=O)(=O)c1ccc(-c2cnn(-c3nc(-c4ccsc4)c4cc(F)ccc4n3)c2)cc1. The maximum absolute atomic E-state index is 13.9. The van der Waals surface area contributed by atoms with Crippen LogP contribution in [0.2, 0.25) is 0 Å². The van der Waals surface area contributed by atoms with Crippen molar-refractivity contribution in [3.63, 3.8) is 0 Å². The fourth-order valence-corrected chi connectivity index (χ4v) is 4.56. The summed E-state index contributed by atoms with van der Waals surface area (Å²) in [7, 11) is -3.26. The Bertz CT molecular complexity index is 1510. The molecule has 3 aromatic heterocycles. The summed E-state index contributed by atoms with van der Waals surface area (Å²) in [5.74, 6) is 0.0126. The zero-order valence-corrected chi connectivity index (χ0v) is 17.9. The third kappa shape index (κ3) is 3.73. The summed E-state index contributed by atoms with van der Waals surface area (Å²) in [6, 6.07) is 13.0. The Labute approximate surface area is 181 Å². The molecule has 6 nitrogen and oxygen atoms in total. The summed E-state index contributed by atoms with van der Waals surface area (Å²) < 4.78 is 38.8. The Kier molecular flexibility index (Phi) is 4.64. The van der Waals surface area contributed by atoms with E-state index < -0.39 is 9.84 Å². The highest BCUT2D eigenvalue weighted by molar-refractivity contribution is 7.90. The van der Waals surface area contributed by atoms with Gasteiger partial charge in [0.05, 0.1) is 22.3 Å². The van der Waals surface area contributed by atoms with Crippen molar-refractivity contribution in [3.05, 3.63) is 77.5 Å². The minimum atomic E-state index is -3.26. The first-order valence-electron chi connectivity index (χ1n) is 9.24. The first-order chi connectivity index (χ1) is 14.9. The molecule has 0 amide bonds. The van der Waals surface area contributed by atoms with Gasteiger partial charge in [0.15, 0.2) is 9.84 Å². The smallest absolute Gasteiger partial charge is 0.224 e. The average molecular weight is 451 g/mol. The lowest BCUT2D eigenvalue weighted by Crippen LogP contribution is -2.03. The van der Waals surface area contributed by atoms with Gasteiger partial charge in [-0.2, -0.15) is 16.4 Å². The molecular weight excluding hydrogens is 435 g/mol. The molecule has 154 valence electrons. The van der Waals surface area contributed by atoms with Gasteiger partial charge in [-0.15, -0.1) is 0 Å². The molecular formula is C22H15FN4O2S2. The minimum Gasteiger partial charge on any atom is -0.224 e. The minimum absolute atomic E-state index is 0.258. The Balaban J connectivity index is 1.59. The van der Waals surface area contributed by atoms with E-state index in [0.29, 0.717) is 22.5 Å². The normalized spacial score (nSPS) is 11.8. The lowest BCUT2D eigenvalue weighted by molar-refractivity contribution is 0.602. The van der Waals surface area contributed by atoms with Crippen LogP contribution in [-0.2, 0) is 9.84 Å². The molecule has 9 heteroatoms. The van der Waals surface area contributed by atoms with Gasteiger partial charge in [-0.3, -0.25) is 0 Å². The third-order valence-corrected chi connectivity index (χ3v) is 6.66. The second kappa shape index (κ2) is 7.36. The van der Waals surface area contributed by atoms with E-state index in [1.165, 1.54) is 29.7 Å². The number of benzene rings is 2. The van der Waals surface area contributed by atoms with E-state index in [-0.39, 0.29) is 10.7 Å². The molecule has 0 aliphatic heterocycles. The maximum atomic E-state index is 13.9. The van der Waals surface area contributed by atoms with Crippen LogP contribution < -0.4 is 0 Å². The quantitative estimate of drug-likeness (QED) is 0.395. The first kappa shape index (κ1) is 19.5. The summed E-state index contributed by atoms with van der Waals surface area (Å²) in [6.07, 6.45) is 4.61. The summed E-state index contributed by atoms with van der Waals surface area (Å²) in [5.41, 5.74) is 3.74. The number of aromatic nitrogens is 4. The Morgan fingerprint density at radius 3 is 2.48 bits per heavy atom. The fraction of sp³-hybridized carbons (Fsp3) is 0.0455. The first-order valence-corrected chi connectivity index (χ1v) is 12.1. The van der Waals surface area contributed by atoms with Gasteiger partial charge < -0.3 is 0 Å². The van der Waals surface area contributed by atoms with Gasteiger partial charge in [-0.05, 0) is 47.3 Å². The molecule has 0 radical (unpaired) electrons. The van der Waals surface area contributed by atoms with Gasteiger partial charge in [0.2, 0.25) is 0 Å². The molecule has 0 bridgehead atoms. The highest BCUT2D eigenvalue weighted by Gasteiger charge is 2.14. The van der Waals surface area contributed by atoms with Gasteiger partial charge in [-0.1, -0.05) is 12.1 Å². The van der Waals surface area contributed by atoms with Gasteiger partial charge in [0.1, 0.15) is 5.82 Å². The number of halogens is 1. The number of rotatable bonds is 4. The molecule has 0 N–H and O–H groups in total. The topological polar surface area (TPSA) is 77.7 Å². The van der Waals surface area contributed by atoms with Crippen molar-refractivity contribution in [3.8, 4) is 28.3 Å². The standard InChI is InChI=1S/C22H15FN4O2S2/c1-31(28,29)18-5-2-14(3-6-18)16-11-24-27(12-16)22-25-20-7-4-17(23)10-19(20)21(26-22)15-8-9-30-13-15/h2-13H,1H3. The van der Waals surface area contributed by atoms with Gasteiger partial charge in [0.25, 0.3) is 5.95 Å². The molecule has 0 unspecified atom stereocenters. The molecule has 0 saturated carbocycles. The van der Waals surface area contributed by atoms with Gasteiger partial charge >= 0.3 is 0 Å². The van der Waals surface area contributed by atoms with E-state index in [1.807, 2.05) is 16.8 Å². The number of hydrogen-bond acceptors (Lipinski definition) is 6. The summed E-state index contributed by atoms with van der Waals surface area (Å²) in [4.78, 5) is 9.47. The van der Waals surface area contributed by atoms with Crippen molar-refractivity contribution in [2.45, 2.75) is 4.90 Å². The van der Waals surface area contributed by atoms with E-state index in [2.05, 4.69) is 15.1 Å². The van der Waals surface area contributed by atoms with Crippen LogP contribution >= 0.6 is 11.3 Å². The molecule has 0 aliphatic carbocycles. The molecule has 31 heavy (non-hydrogen) atoms. The number of sulfone groups is 1. The third-order valence-electron chi connectivity index (χ3n) is 4.84. The molecule has 0 fully saturated rings. The predicted octanol–water partition coefficient (Wildman–Crippen LogP) is 4.75. The lowest BCUT2D eigenvalue weighted by atomic mass is 10.1. The number of fused-ring (bicyclic) bond motifs is 1. The van der Waals surface area contributed by atoms with Crippen molar-refractivity contribution >= 4 is 32.1 Å². The van der Waals surface area contributed by atoms with Crippen LogP contribution in [0.25, 0.3) is 39.2 Å². The Morgan fingerprint density at radius 1 is 0.968 bits per heavy atom. The molecule has 2 aromatic carbocycles. The fourth-order valence-electron chi connectivity index (χ4n) is 3.29. The van der Waals surface area contributed by atoms with E-state index in [0.717, 1.165) is 16.7 Å². The zero-order valence-electron chi connectivity index (χ0n) is 16.2. The molecule has 0 atom stereocenters. The van der Waals surface area contributed by atoms with Crippen molar-refractivity contribution in [1.29, 1.82) is 0 Å². The van der Waals surface area contributed by atoms with Crippen molar-refractivity contribution in [2.24, 2.45) is 0 Å². The van der Waals surface area contributed by atoms with Gasteiger partial charge in [-0.25, -0.2) is 27.5 Å². The molecule has 5 rings (SSSR count). The van der Waals surface area contributed by atoms with Crippen molar-refractivity contribution < 1.29 is 12.8 Å². The number of nitrogens with zero attached hydrogens (tertiary/aromatic N) is 4. The Morgan fingerprint density at radius 2 is 1.77 bits per heavy atom. The summed E-state index contributed by atoms with van der Waals surface area (Å²) >= 11 is 1.53. The molecule has 0 saturated heterocycles. The second-order valence-electron chi connectivity index (χ2n) is 7.02. The monoisotopic (exact) mass is 450 g/mol. The molecule has 0 aliphatic rings. The Hall–Kier alpha value is -3.43. The van der Waals surface area contributed by atoms with Crippen LogP contribution in [0.1, 0.15) is 0 Å². The molecule has 0 spiro atoms. The van der Waals surface area contributed by atoms with Gasteiger partial charge in [0, 0.05) is 34.3 Å². The van der Waals surface area contributed by atoms with E-state index in [9.17, 15) is 12.8 Å². The lowest BCUT2D eigenvalue weighted by Gasteiger charge is -2.08. The van der Waals surface area contributed by atoms with E-state index >= 15 is 0 Å². The largest absolute Gasteiger partial charge is 0.251 e. The number of hydrogen-bond donors (Lipinski definition) is 0.